The summed E-state index contributed by atoms with van der Waals surface area (Å²) in [5.41, 5.74) is 2.05. The number of esters is 1. The topological polar surface area (TPSA) is 68.3 Å². The SMILES string of the molecule is COc1ccccc1N1CCN(C(=O)COC(=O)[C@H](C)Oc2cccc(C)c2)CC1. The van der Waals surface area contributed by atoms with Crippen LogP contribution in [-0.4, -0.2) is 62.8 Å². The molecule has 30 heavy (non-hydrogen) atoms. The molecular weight excluding hydrogens is 384 g/mol. The molecule has 3 rings (SSSR count). The number of methoxy groups -OCH3 is 1. The van der Waals surface area contributed by atoms with Crippen molar-refractivity contribution in [3.63, 3.8) is 0 Å². The number of hydrogen-bond acceptors (Lipinski definition) is 6. The number of amides is 1. The van der Waals surface area contributed by atoms with Crippen LogP contribution < -0.4 is 14.4 Å². The van der Waals surface area contributed by atoms with E-state index in [0.717, 1.165) is 17.0 Å². The molecule has 1 aliphatic heterocycles. The monoisotopic (exact) mass is 412 g/mol. The van der Waals surface area contributed by atoms with E-state index < -0.39 is 12.1 Å². The molecule has 0 bridgehead atoms. The second kappa shape index (κ2) is 10.0. The Morgan fingerprint density at radius 3 is 2.47 bits per heavy atom. The molecule has 7 heteroatoms. The van der Waals surface area contributed by atoms with Crippen LogP contribution in [0.25, 0.3) is 0 Å². The fraction of sp³-hybridized carbons (Fsp3) is 0.391. The molecule has 1 amide bonds. The van der Waals surface area contributed by atoms with Gasteiger partial charge in [0.15, 0.2) is 12.7 Å². The van der Waals surface area contributed by atoms with Crippen molar-refractivity contribution in [2.24, 2.45) is 0 Å². The third-order valence-corrected chi connectivity index (χ3v) is 5.03. The second-order valence-electron chi connectivity index (χ2n) is 7.22. The smallest absolute Gasteiger partial charge is 0.347 e. The summed E-state index contributed by atoms with van der Waals surface area (Å²) in [6.45, 7) is 5.77. The highest BCUT2D eigenvalue weighted by Gasteiger charge is 2.25. The van der Waals surface area contributed by atoms with Crippen molar-refractivity contribution in [2.45, 2.75) is 20.0 Å². The van der Waals surface area contributed by atoms with Crippen LogP contribution in [0.2, 0.25) is 0 Å². The van der Waals surface area contributed by atoms with Crippen LogP contribution in [0.4, 0.5) is 5.69 Å². The molecule has 0 radical (unpaired) electrons. The number of nitrogens with zero attached hydrogens (tertiary/aromatic N) is 2. The van der Waals surface area contributed by atoms with Crippen molar-refractivity contribution in [1.82, 2.24) is 4.90 Å². The lowest BCUT2D eigenvalue weighted by atomic mass is 10.2. The van der Waals surface area contributed by atoms with Gasteiger partial charge in [-0.2, -0.15) is 0 Å². The van der Waals surface area contributed by atoms with Gasteiger partial charge < -0.3 is 24.0 Å². The van der Waals surface area contributed by atoms with Gasteiger partial charge in [-0.25, -0.2) is 4.79 Å². The van der Waals surface area contributed by atoms with E-state index in [1.165, 1.54) is 0 Å². The van der Waals surface area contributed by atoms with Gasteiger partial charge in [0.25, 0.3) is 5.91 Å². The van der Waals surface area contributed by atoms with Crippen LogP contribution in [0.1, 0.15) is 12.5 Å². The van der Waals surface area contributed by atoms with Gasteiger partial charge in [0.1, 0.15) is 11.5 Å². The Kier molecular flexibility index (Phi) is 7.17. The van der Waals surface area contributed by atoms with Gasteiger partial charge in [0.05, 0.1) is 12.8 Å². The normalized spacial score (nSPS) is 14.8. The zero-order chi connectivity index (χ0) is 21.5. The Balaban J connectivity index is 1.45. The molecule has 0 unspecified atom stereocenters. The van der Waals surface area contributed by atoms with E-state index >= 15 is 0 Å². The lowest BCUT2D eigenvalue weighted by molar-refractivity contribution is -0.157. The molecule has 160 valence electrons. The maximum Gasteiger partial charge on any atom is 0.347 e. The van der Waals surface area contributed by atoms with Gasteiger partial charge in [0, 0.05) is 26.2 Å². The highest BCUT2D eigenvalue weighted by atomic mass is 16.6. The van der Waals surface area contributed by atoms with Crippen molar-refractivity contribution in [1.29, 1.82) is 0 Å². The van der Waals surface area contributed by atoms with Gasteiger partial charge in [-0.3, -0.25) is 4.79 Å². The molecule has 0 aliphatic carbocycles. The first kappa shape index (κ1) is 21.5. The number of carbonyl (C=O) groups excluding carboxylic acids is 2. The Morgan fingerprint density at radius 2 is 1.77 bits per heavy atom. The summed E-state index contributed by atoms with van der Waals surface area (Å²) in [7, 11) is 1.65. The zero-order valence-electron chi connectivity index (χ0n) is 17.7. The maximum absolute atomic E-state index is 12.5. The number of hydrogen-bond donors (Lipinski definition) is 0. The zero-order valence-corrected chi connectivity index (χ0v) is 17.7. The van der Waals surface area contributed by atoms with E-state index in [-0.39, 0.29) is 12.5 Å². The van der Waals surface area contributed by atoms with Crippen molar-refractivity contribution >= 4 is 17.6 Å². The lowest BCUT2D eigenvalue weighted by Gasteiger charge is -2.36. The summed E-state index contributed by atoms with van der Waals surface area (Å²) < 4.78 is 16.2. The molecule has 0 N–H and O–H groups in total. The highest BCUT2D eigenvalue weighted by molar-refractivity contribution is 5.82. The fourth-order valence-corrected chi connectivity index (χ4v) is 3.37. The Morgan fingerprint density at radius 1 is 1.03 bits per heavy atom. The highest BCUT2D eigenvalue weighted by Crippen LogP contribution is 2.28. The molecule has 0 aromatic heterocycles. The summed E-state index contributed by atoms with van der Waals surface area (Å²) in [5, 5.41) is 0. The maximum atomic E-state index is 12.5. The first-order valence-corrected chi connectivity index (χ1v) is 10.0. The van der Waals surface area contributed by atoms with Gasteiger partial charge in [0.2, 0.25) is 0 Å². The number of carbonyl (C=O) groups is 2. The van der Waals surface area contributed by atoms with E-state index in [1.807, 2.05) is 49.4 Å². The number of para-hydroxylation sites is 2. The number of benzene rings is 2. The molecule has 2 aromatic carbocycles. The quantitative estimate of drug-likeness (QED) is 0.652. The number of piperazine rings is 1. The molecule has 1 saturated heterocycles. The van der Waals surface area contributed by atoms with Crippen molar-refractivity contribution in [3.05, 3.63) is 54.1 Å². The first-order valence-electron chi connectivity index (χ1n) is 10.0. The van der Waals surface area contributed by atoms with E-state index in [2.05, 4.69) is 4.90 Å². The first-order chi connectivity index (χ1) is 14.5. The summed E-state index contributed by atoms with van der Waals surface area (Å²) in [6.07, 6.45) is -0.790. The average molecular weight is 412 g/mol. The largest absolute Gasteiger partial charge is 0.495 e. The van der Waals surface area contributed by atoms with E-state index in [1.54, 1.807) is 25.0 Å². The minimum Gasteiger partial charge on any atom is -0.495 e. The summed E-state index contributed by atoms with van der Waals surface area (Å²) in [5.74, 6) is 0.648. The van der Waals surface area contributed by atoms with Crippen LogP contribution in [0.3, 0.4) is 0 Å². The van der Waals surface area contributed by atoms with Gasteiger partial charge in [-0.1, -0.05) is 24.3 Å². The molecule has 1 aliphatic rings. The summed E-state index contributed by atoms with van der Waals surface area (Å²) >= 11 is 0. The standard InChI is InChI=1S/C23H28N2O5/c1-17-7-6-8-19(15-17)30-18(2)23(27)29-16-22(26)25-13-11-24(12-14-25)20-9-4-5-10-21(20)28-3/h4-10,15,18H,11-14,16H2,1-3H3/t18-/m0/s1. The predicted octanol–water partition coefficient (Wildman–Crippen LogP) is 2.66. The Hall–Kier alpha value is -3.22. The third-order valence-electron chi connectivity index (χ3n) is 5.03. The van der Waals surface area contributed by atoms with E-state index in [9.17, 15) is 9.59 Å². The average Bonchev–Trinajstić information content (AvgIpc) is 2.77. The van der Waals surface area contributed by atoms with Crippen LogP contribution in [-0.2, 0) is 14.3 Å². The molecule has 0 saturated carbocycles. The summed E-state index contributed by atoms with van der Waals surface area (Å²) in [4.78, 5) is 28.5. The molecule has 7 nitrogen and oxygen atoms in total. The third kappa shape index (κ3) is 5.43. The second-order valence-corrected chi connectivity index (χ2v) is 7.22. The molecule has 1 fully saturated rings. The number of anilines is 1. The minimum atomic E-state index is -0.790. The van der Waals surface area contributed by atoms with E-state index in [0.29, 0.717) is 31.9 Å². The molecular formula is C23H28N2O5. The molecule has 1 atom stereocenters. The lowest BCUT2D eigenvalue weighted by Crippen LogP contribution is -2.50. The van der Waals surface area contributed by atoms with Crippen molar-refractivity contribution in [2.75, 3.05) is 44.8 Å². The number of ether oxygens (including phenoxy) is 3. The van der Waals surface area contributed by atoms with E-state index in [4.69, 9.17) is 14.2 Å². The predicted molar refractivity (Wildman–Crippen MR) is 114 cm³/mol. The van der Waals surface area contributed by atoms with Crippen LogP contribution in [0, 0.1) is 6.92 Å². The van der Waals surface area contributed by atoms with Gasteiger partial charge >= 0.3 is 5.97 Å². The Bertz CT molecular complexity index is 877. The number of rotatable bonds is 7. The molecule has 0 spiro atoms. The van der Waals surface area contributed by atoms with Crippen LogP contribution in [0.15, 0.2) is 48.5 Å². The Labute approximate surface area is 177 Å². The van der Waals surface area contributed by atoms with Crippen LogP contribution >= 0.6 is 0 Å². The minimum absolute atomic E-state index is 0.203. The summed E-state index contributed by atoms with van der Waals surface area (Å²) in [6, 6.07) is 15.3. The molecule has 1 heterocycles. The van der Waals surface area contributed by atoms with Gasteiger partial charge in [-0.15, -0.1) is 0 Å². The van der Waals surface area contributed by atoms with Crippen LogP contribution in [0.5, 0.6) is 11.5 Å². The van der Waals surface area contributed by atoms with Gasteiger partial charge in [-0.05, 0) is 43.7 Å². The fourth-order valence-electron chi connectivity index (χ4n) is 3.37. The van der Waals surface area contributed by atoms with Crippen molar-refractivity contribution < 1.29 is 23.8 Å². The van der Waals surface area contributed by atoms with Crippen molar-refractivity contribution in [3.8, 4) is 11.5 Å². The number of aryl methyl sites for hydroxylation is 1. The molecule has 2 aromatic rings.